The minimum Gasteiger partial charge on any atom is -0.378 e. The topological polar surface area (TPSA) is 67.4 Å². The molecule has 1 aliphatic heterocycles. The number of carbonyl (C=O) groups is 1. The Labute approximate surface area is 139 Å². The van der Waals surface area contributed by atoms with Crippen LogP contribution in [0.3, 0.4) is 0 Å². The zero-order valence-corrected chi connectivity index (χ0v) is 13.9. The Kier molecular flexibility index (Phi) is 5.19. The summed E-state index contributed by atoms with van der Waals surface area (Å²) in [4.78, 5) is 23.2. The van der Waals surface area contributed by atoms with Crippen molar-refractivity contribution < 1.29 is 9.53 Å². The summed E-state index contributed by atoms with van der Waals surface area (Å²) in [7, 11) is 0. The molecule has 0 atom stereocenters. The van der Waals surface area contributed by atoms with E-state index in [9.17, 15) is 4.79 Å². The van der Waals surface area contributed by atoms with Gasteiger partial charge in [0.2, 0.25) is 0 Å². The summed E-state index contributed by atoms with van der Waals surface area (Å²) >= 11 is 1.45. The monoisotopic (exact) mass is 332 g/mol. The van der Waals surface area contributed by atoms with Crippen molar-refractivity contribution in [2.45, 2.75) is 19.8 Å². The van der Waals surface area contributed by atoms with Crippen molar-refractivity contribution in [2.24, 2.45) is 0 Å². The number of carbonyl (C=O) groups excluding carboxylic acids is 1. The number of hydrogen-bond acceptors (Lipinski definition) is 6. The van der Waals surface area contributed by atoms with Crippen molar-refractivity contribution in [1.82, 2.24) is 9.97 Å². The van der Waals surface area contributed by atoms with Gasteiger partial charge in [-0.05, 0) is 18.6 Å². The molecular formula is C16H20N4O2S. The van der Waals surface area contributed by atoms with Crippen molar-refractivity contribution in [1.29, 1.82) is 0 Å². The molecule has 3 heterocycles. The highest BCUT2D eigenvalue weighted by Gasteiger charge is 2.15. The predicted octanol–water partition coefficient (Wildman–Crippen LogP) is 2.58. The van der Waals surface area contributed by atoms with Crippen LogP contribution < -0.4 is 10.2 Å². The molecule has 23 heavy (non-hydrogen) atoms. The molecule has 7 heteroatoms. The Morgan fingerprint density at radius 2 is 2.26 bits per heavy atom. The molecule has 0 spiro atoms. The standard InChI is InChI=1S/C16H20N4O2S/c1-2-3-12-11-23-16(18-12)19-15(21)14-10-13(4-5-17-14)20-6-8-22-9-7-20/h4-5,10-11H,2-3,6-9H2,1H3,(H,18,19,21). The van der Waals surface area contributed by atoms with Crippen molar-refractivity contribution >= 4 is 28.1 Å². The minimum atomic E-state index is -0.225. The molecule has 122 valence electrons. The normalized spacial score (nSPS) is 14.7. The molecule has 1 N–H and O–H groups in total. The third-order valence-corrected chi connectivity index (χ3v) is 4.44. The summed E-state index contributed by atoms with van der Waals surface area (Å²) in [6.07, 6.45) is 3.64. The molecule has 0 bridgehead atoms. The van der Waals surface area contributed by atoms with Gasteiger partial charge in [0.25, 0.3) is 5.91 Å². The predicted molar refractivity (Wildman–Crippen MR) is 91.3 cm³/mol. The number of hydrogen-bond donors (Lipinski definition) is 1. The van der Waals surface area contributed by atoms with Crippen LogP contribution in [0.2, 0.25) is 0 Å². The van der Waals surface area contributed by atoms with Crippen LogP contribution in [0.1, 0.15) is 29.5 Å². The molecule has 0 aliphatic carbocycles. The van der Waals surface area contributed by atoms with Gasteiger partial charge in [-0.15, -0.1) is 11.3 Å². The van der Waals surface area contributed by atoms with Crippen molar-refractivity contribution in [3.05, 3.63) is 35.1 Å². The molecule has 3 rings (SSSR count). The van der Waals surface area contributed by atoms with Crippen molar-refractivity contribution in [2.75, 3.05) is 36.5 Å². The summed E-state index contributed by atoms with van der Waals surface area (Å²) < 4.78 is 5.36. The maximum Gasteiger partial charge on any atom is 0.276 e. The number of morpholine rings is 1. The first kappa shape index (κ1) is 15.9. The van der Waals surface area contributed by atoms with Gasteiger partial charge in [0.1, 0.15) is 5.69 Å². The fourth-order valence-electron chi connectivity index (χ4n) is 2.46. The van der Waals surface area contributed by atoms with Crippen LogP contribution in [0.5, 0.6) is 0 Å². The maximum atomic E-state index is 12.4. The molecule has 2 aromatic heterocycles. The third-order valence-electron chi connectivity index (χ3n) is 3.63. The van der Waals surface area contributed by atoms with Crippen LogP contribution in [0.4, 0.5) is 10.8 Å². The number of amides is 1. The van der Waals surface area contributed by atoms with Crippen LogP contribution in [-0.4, -0.2) is 42.2 Å². The van der Waals surface area contributed by atoms with E-state index < -0.39 is 0 Å². The van der Waals surface area contributed by atoms with Gasteiger partial charge in [0.05, 0.1) is 18.9 Å². The van der Waals surface area contributed by atoms with Crippen LogP contribution >= 0.6 is 11.3 Å². The number of rotatable bonds is 5. The first-order chi connectivity index (χ1) is 11.3. The Morgan fingerprint density at radius 3 is 3.04 bits per heavy atom. The highest BCUT2D eigenvalue weighted by molar-refractivity contribution is 7.13. The van der Waals surface area contributed by atoms with E-state index in [4.69, 9.17) is 4.74 Å². The van der Waals surface area contributed by atoms with Gasteiger partial charge in [-0.1, -0.05) is 13.3 Å². The molecule has 0 unspecified atom stereocenters. The summed E-state index contributed by atoms with van der Waals surface area (Å²) in [6.45, 7) is 5.20. The number of aryl methyl sites for hydroxylation is 1. The van der Waals surface area contributed by atoms with Gasteiger partial charge in [0, 0.05) is 30.4 Å². The molecule has 1 saturated heterocycles. The van der Waals surface area contributed by atoms with E-state index >= 15 is 0 Å². The lowest BCUT2D eigenvalue weighted by Crippen LogP contribution is -2.36. The van der Waals surface area contributed by atoms with E-state index in [1.807, 2.05) is 17.5 Å². The second kappa shape index (κ2) is 7.52. The van der Waals surface area contributed by atoms with E-state index in [2.05, 4.69) is 27.1 Å². The van der Waals surface area contributed by atoms with Crippen LogP contribution in [-0.2, 0) is 11.2 Å². The summed E-state index contributed by atoms with van der Waals surface area (Å²) in [5.41, 5.74) is 2.42. The van der Waals surface area contributed by atoms with E-state index in [1.54, 1.807) is 6.20 Å². The van der Waals surface area contributed by atoms with Gasteiger partial charge in [-0.25, -0.2) is 4.98 Å². The molecule has 6 nitrogen and oxygen atoms in total. The molecular weight excluding hydrogens is 312 g/mol. The molecule has 0 aromatic carbocycles. The summed E-state index contributed by atoms with van der Waals surface area (Å²) in [6, 6.07) is 3.74. The number of anilines is 2. The van der Waals surface area contributed by atoms with Gasteiger partial charge in [-0.3, -0.25) is 15.1 Å². The van der Waals surface area contributed by atoms with Crippen LogP contribution in [0.15, 0.2) is 23.7 Å². The number of ether oxygens (including phenoxy) is 1. The molecule has 1 amide bonds. The lowest BCUT2D eigenvalue weighted by molar-refractivity contribution is 0.102. The molecule has 1 fully saturated rings. The minimum absolute atomic E-state index is 0.225. The van der Waals surface area contributed by atoms with Crippen LogP contribution in [0.25, 0.3) is 0 Å². The second-order valence-corrected chi connectivity index (χ2v) is 6.20. The maximum absolute atomic E-state index is 12.4. The Bertz CT molecular complexity index is 668. The highest BCUT2D eigenvalue weighted by Crippen LogP contribution is 2.19. The fraction of sp³-hybridized carbons (Fsp3) is 0.438. The van der Waals surface area contributed by atoms with Gasteiger partial charge in [-0.2, -0.15) is 0 Å². The smallest absolute Gasteiger partial charge is 0.276 e. The largest absolute Gasteiger partial charge is 0.378 e. The second-order valence-electron chi connectivity index (χ2n) is 5.35. The van der Waals surface area contributed by atoms with E-state index in [1.165, 1.54) is 11.3 Å². The van der Waals surface area contributed by atoms with Crippen molar-refractivity contribution in [3.63, 3.8) is 0 Å². The van der Waals surface area contributed by atoms with E-state index in [-0.39, 0.29) is 5.91 Å². The number of pyridine rings is 1. The molecule has 0 radical (unpaired) electrons. The Hall–Kier alpha value is -1.99. The lowest BCUT2D eigenvalue weighted by Gasteiger charge is -2.28. The zero-order chi connectivity index (χ0) is 16.1. The highest BCUT2D eigenvalue weighted by atomic mass is 32.1. The quantitative estimate of drug-likeness (QED) is 0.911. The lowest BCUT2D eigenvalue weighted by atomic mass is 10.2. The van der Waals surface area contributed by atoms with E-state index in [0.29, 0.717) is 24.0 Å². The molecule has 1 aliphatic rings. The number of nitrogens with one attached hydrogen (secondary N) is 1. The first-order valence-corrected chi connectivity index (χ1v) is 8.68. The number of thiazole rings is 1. The average molecular weight is 332 g/mol. The summed E-state index contributed by atoms with van der Waals surface area (Å²) in [5.74, 6) is -0.225. The first-order valence-electron chi connectivity index (χ1n) is 7.81. The zero-order valence-electron chi connectivity index (χ0n) is 13.1. The van der Waals surface area contributed by atoms with Gasteiger partial charge in [0.15, 0.2) is 5.13 Å². The fourth-order valence-corrected chi connectivity index (χ4v) is 3.20. The van der Waals surface area contributed by atoms with E-state index in [0.717, 1.165) is 37.3 Å². The SMILES string of the molecule is CCCc1csc(NC(=O)c2cc(N3CCOCC3)ccn2)n1. The number of aromatic nitrogens is 2. The third kappa shape index (κ3) is 4.05. The van der Waals surface area contributed by atoms with Gasteiger partial charge >= 0.3 is 0 Å². The number of nitrogens with zero attached hydrogens (tertiary/aromatic N) is 3. The Balaban J connectivity index is 1.68. The van der Waals surface area contributed by atoms with Crippen LogP contribution in [0, 0.1) is 0 Å². The van der Waals surface area contributed by atoms with Gasteiger partial charge < -0.3 is 9.64 Å². The van der Waals surface area contributed by atoms with Crippen molar-refractivity contribution in [3.8, 4) is 0 Å². The Morgan fingerprint density at radius 1 is 1.43 bits per heavy atom. The average Bonchev–Trinajstić information content (AvgIpc) is 3.03. The molecule has 2 aromatic rings. The summed E-state index contributed by atoms with van der Waals surface area (Å²) in [5, 5.41) is 5.44. The molecule has 0 saturated carbocycles.